The van der Waals surface area contributed by atoms with Crippen molar-refractivity contribution in [3.05, 3.63) is 27.7 Å². The third-order valence-corrected chi connectivity index (χ3v) is 2.84. The van der Waals surface area contributed by atoms with Crippen LogP contribution < -0.4 is 10.1 Å². The van der Waals surface area contributed by atoms with Crippen molar-refractivity contribution in [3.8, 4) is 5.75 Å². The van der Waals surface area contributed by atoms with Gasteiger partial charge in [-0.1, -0.05) is 23.2 Å². The van der Waals surface area contributed by atoms with Gasteiger partial charge >= 0.3 is 0 Å². The summed E-state index contributed by atoms with van der Waals surface area (Å²) in [7, 11) is 5.48. The van der Waals surface area contributed by atoms with Crippen molar-refractivity contribution >= 4 is 23.2 Å². The van der Waals surface area contributed by atoms with Crippen molar-refractivity contribution in [1.29, 1.82) is 0 Å². The molecule has 5 heteroatoms. The molecule has 0 unspecified atom stereocenters. The molecule has 90 valence electrons. The van der Waals surface area contributed by atoms with E-state index in [2.05, 4.69) is 10.2 Å². The van der Waals surface area contributed by atoms with Gasteiger partial charge in [0.25, 0.3) is 0 Å². The molecule has 16 heavy (non-hydrogen) atoms. The van der Waals surface area contributed by atoms with Crippen molar-refractivity contribution in [2.45, 2.75) is 6.54 Å². The smallest absolute Gasteiger partial charge is 0.138 e. The molecule has 0 bridgehead atoms. The number of nitrogens with one attached hydrogen (secondary N) is 1. The molecule has 0 aromatic heterocycles. The Morgan fingerprint density at radius 3 is 2.56 bits per heavy atom. The topological polar surface area (TPSA) is 24.5 Å². The summed E-state index contributed by atoms with van der Waals surface area (Å²) in [5, 5.41) is 4.32. The fourth-order valence-corrected chi connectivity index (χ4v) is 1.94. The van der Waals surface area contributed by atoms with Gasteiger partial charge in [-0.15, -0.1) is 0 Å². The molecular weight excluding hydrogens is 247 g/mol. The van der Waals surface area contributed by atoms with E-state index >= 15 is 0 Å². The molecule has 0 aliphatic carbocycles. The van der Waals surface area contributed by atoms with E-state index in [-0.39, 0.29) is 0 Å². The third kappa shape index (κ3) is 3.52. The average molecular weight is 263 g/mol. The lowest BCUT2D eigenvalue weighted by Crippen LogP contribution is -2.28. The molecule has 1 aromatic rings. The number of ether oxygens (including phenoxy) is 1. The molecule has 0 amide bonds. The van der Waals surface area contributed by atoms with Crippen LogP contribution in [0.15, 0.2) is 12.1 Å². The van der Waals surface area contributed by atoms with Crippen LogP contribution in [0.5, 0.6) is 5.75 Å². The maximum absolute atomic E-state index is 6.14. The lowest BCUT2D eigenvalue weighted by Gasteiger charge is -2.17. The third-order valence-electron chi connectivity index (χ3n) is 2.19. The van der Waals surface area contributed by atoms with Crippen LogP contribution in [0.4, 0.5) is 0 Å². The van der Waals surface area contributed by atoms with E-state index in [0.717, 1.165) is 18.8 Å². The molecule has 1 rings (SSSR count). The minimum absolute atomic E-state index is 0.583. The molecule has 0 atom stereocenters. The zero-order valence-electron chi connectivity index (χ0n) is 9.68. The summed E-state index contributed by atoms with van der Waals surface area (Å²) in [6.45, 7) is 1.53. The van der Waals surface area contributed by atoms with Gasteiger partial charge in [0.1, 0.15) is 5.75 Å². The summed E-state index contributed by atoms with van der Waals surface area (Å²) in [5.74, 6) is 0.603. The van der Waals surface area contributed by atoms with Gasteiger partial charge in [0, 0.05) is 24.3 Å². The van der Waals surface area contributed by atoms with Gasteiger partial charge in [-0.2, -0.15) is 0 Å². The van der Waals surface area contributed by atoms with E-state index in [1.54, 1.807) is 13.2 Å². The SMILES string of the molecule is CNCN(C)Cc1cc(Cl)c(OC)cc1Cl. The minimum atomic E-state index is 0.583. The molecule has 0 radical (unpaired) electrons. The monoisotopic (exact) mass is 262 g/mol. The Hall–Kier alpha value is -0.480. The molecule has 0 saturated heterocycles. The highest BCUT2D eigenvalue weighted by Gasteiger charge is 2.09. The highest BCUT2D eigenvalue weighted by Crippen LogP contribution is 2.31. The van der Waals surface area contributed by atoms with E-state index in [4.69, 9.17) is 27.9 Å². The molecule has 0 aliphatic rings. The van der Waals surface area contributed by atoms with E-state index in [0.29, 0.717) is 15.8 Å². The van der Waals surface area contributed by atoms with Crippen molar-refractivity contribution in [1.82, 2.24) is 10.2 Å². The van der Waals surface area contributed by atoms with E-state index in [9.17, 15) is 0 Å². The number of halogens is 2. The second kappa shape index (κ2) is 6.30. The van der Waals surface area contributed by atoms with Gasteiger partial charge in [0.05, 0.1) is 12.1 Å². The number of methoxy groups -OCH3 is 1. The summed E-state index contributed by atoms with van der Waals surface area (Å²) in [6.07, 6.45) is 0. The van der Waals surface area contributed by atoms with Gasteiger partial charge in [0.2, 0.25) is 0 Å². The number of nitrogens with zero attached hydrogens (tertiary/aromatic N) is 1. The number of hydrogen-bond acceptors (Lipinski definition) is 3. The zero-order valence-corrected chi connectivity index (χ0v) is 11.2. The van der Waals surface area contributed by atoms with Crippen LogP contribution in [0.25, 0.3) is 0 Å². The molecule has 0 heterocycles. The highest BCUT2D eigenvalue weighted by molar-refractivity contribution is 6.34. The number of hydrogen-bond donors (Lipinski definition) is 1. The van der Waals surface area contributed by atoms with Crippen LogP contribution in [0.1, 0.15) is 5.56 Å². The number of benzene rings is 1. The second-order valence-electron chi connectivity index (χ2n) is 3.60. The Bertz CT molecular complexity index is 358. The Morgan fingerprint density at radius 1 is 1.31 bits per heavy atom. The summed E-state index contributed by atoms with van der Waals surface area (Å²) in [6, 6.07) is 3.58. The summed E-state index contributed by atoms with van der Waals surface area (Å²) in [5.41, 5.74) is 0.991. The zero-order chi connectivity index (χ0) is 12.1. The predicted octanol–water partition coefficient (Wildman–Crippen LogP) is 2.61. The van der Waals surface area contributed by atoms with Gasteiger partial charge in [-0.3, -0.25) is 4.90 Å². The average Bonchev–Trinajstić information content (AvgIpc) is 2.23. The van der Waals surface area contributed by atoms with Crippen LogP contribution >= 0.6 is 23.2 Å². The Kier molecular flexibility index (Phi) is 5.35. The summed E-state index contributed by atoms with van der Waals surface area (Å²) >= 11 is 12.2. The van der Waals surface area contributed by atoms with Crippen LogP contribution in [-0.4, -0.2) is 32.8 Å². The maximum Gasteiger partial charge on any atom is 0.138 e. The summed E-state index contributed by atoms with van der Waals surface area (Å²) in [4.78, 5) is 2.10. The fourth-order valence-electron chi connectivity index (χ4n) is 1.46. The van der Waals surface area contributed by atoms with Crippen LogP contribution in [0, 0.1) is 0 Å². The molecule has 0 saturated carbocycles. The van der Waals surface area contributed by atoms with Crippen LogP contribution in [-0.2, 0) is 6.54 Å². The van der Waals surface area contributed by atoms with Crippen molar-refractivity contribution in [3.63, 3.8) is 0 Å². The number of rotatable bonds is 5. The quantitative estimate of drug-likeness (QED) is 0.826. The Morgan fingerprint density at radius 2 is 2.00 bits per heavy atom. The van der Waals surface area contributed by atoms with E-state index in [1.807, 2.05) is 20.2 Å². The Labute approximate surface area is 106 Å². The standard InChI is InChI=1S/C11H16Cl2N2O/c1-14-7-15(2)6-8-4-10(13)11(16-3)5-9(8)12/h4-5,14H,6-7H2,1-3H3. The first-order valence-electron chi connectivity index (χ1n) is 4.93. The Balaban J connectivity index is 2.85. The minimum Gasteiger partial charge on any atom is -0.495 e. The molecule has 0 spiro atoms. The van der Waals surface area contributed by atoms with Gasteiger partial charge in [-0.05, 0) is 25.7 Å². The van der Waals surface area contributed by atoms with Crippen molar-refractivity contribution in [2.24, 2.45) is 0 Å². The first-order valence-corrected chi connectivity index (χ1v) is 5.69. The molecular formula is C11H16Cl2N2O. The van der Waals surface area contributed by atoms with Gasteiger partial charge < -0.3 is 10.1 Å². The first kappa shape index (κ1) is 13.6. The summed E-state index contributed by atoms with van der Waals surface area (Å²) < 4.78 is 5.09. The molecule has 1 N–H and O–H groups in total. The molecule has 0 aliphatic heterocycles. The fraction of sp³-hybridized carbons (Fsp3) is 0.455. The predicted molar refractivity (Wildman–Crippen MR) is 68.4 cm³/mol. The van der Waals surface area contributed by atoms with Crippen LogP contribution in [0.2, 0.25) is 10.0 Å². The highest BCUT2D eigenvalue weighted by atomic mass is 35.5. The van der Waals surface area contributed by atoms with Crippen LogP contribution in [0.3, 0.4) is 0 Å². The van der Waals surface area contributed by atoms with E-state index in [1.165, 1.54) is 0 Å². The maximum atomic E-state index is 6.14. The van der Waals surface area contributed by atoms with Gasteiger partial charge in [0.15, 0.2) is 0 Å². The first-order chi connectivity index (χ1) is 7.58. The largest absolute Gasteiger partial charge is 0.495 e. The second-order valence-corrected chi connectivity index (χ2v) is 4.42. The normalized spacial score (nSPS) is 10.9. The lowest BCUT2D eigenvalue weighted by atomic mass is 10.2. The molecule has 3 nitrogen and oxygen atoms in total. The van der Waals surface area contributed by atoms with E-state index < -0.39 is 0 Å². The van der Waals surface area contributed by atoms with Crippen molar-refractivity contribution in [2.75, 3.05) is 27.9 Å². The molecule has 1 aromatic carbocycles. The molecule has 0 fully saturated rings. The lowest BCUT2D eigenvalue weighted by molar-refractivity contribution is 0.310. The van der Waals surface area contributed by atoms with Crippen molar-refractivity contribution < 1.29 is 4.74 Å². The van der Waals surface area contributed by atoms with Gasteiger partial charge in [-0.25, -0.2) is 0 Å².